The molecule has 0 spiro atoms. The molecule has 0 amide bonds. The highest BCUT2D eigenvalue weighted by Crippen LogP contribution is 2.44. The molecule has 0 bridgehead atoms. The second-order valence-corrected chi connectivity index (χ2v) is 14.1. The predicted octanol–water partition coefficient (Wildman–Crippen LogP) is 15.0. The van der Waals surface area contributed by atoms with Crippen LogP contribution >= 0.6 is 0 Å². The molecule has 11 rings (SSSR count). The highest BCUT2D eigenvalue weighted by atomic mass is 16.3. The SMILES string of the molecule is c1ccc(-c2ccc(N(c3ccc(-c4cccc5c4oc4c5ccc5ccc6ccccc6c54)cc3)c3cc4ccccc4c4ccccc34)cc2)cc1. The van der Waals surface area contributed by atoms with Crippen molar-refractivity contribution in [3.63, 3.8) is 0 Å². The minimum Gasteiger partial charge on any atom is -0.455 e. The molecule has 0 aliphatic heterocycles. The van der Waals surface area contributed by atoms with Gasteiger partial charge in [-0.25, -0.2) is 0 Å². The van der Waals surface area contributed by atoms with Gasteiger partial charge in [0.05, 0.1) is 5.69 Å². The molecule has 0 radical (unpaired) electrons. The van der Waals surface area contributed by atoms with Crippen molar-refractivity contribution < 1.29 is 4.42 Å². The third kappa shape index (κ3) is 4.81. The molecule has 252 valence electrons. The molecule has 0 aliphatic rings. The summed E-state index contributed by atoms with van der Waals surface area (Å²) in [5.41, 5.74) is 9.77. The second kappa shape index (κ2) is 12.2. The maximum absolute atomic E-state index is 6.90. The Balaban J connectivity index is 1.08. The van der Waals surface area contributed by atoms with Crippen LogP contribution in [0.3, 0.4) is 0 Å². The normalized spacial score (nSPS) is 11.7. The lowest BCUT2D eigenvalue weighted by molar-refractivity contribution is 0.674. The van der Waals surface area contributed by atoms with Crippen molar-refractivity contribution in [1.29, 1.82) is 0 Å². The van der Waals surface area contributed by atoms with E-state index in [9.17, 15) is 0 Å². The molecular weight excluding hydrogens is 655 g/mol. The van der Waals surface area contributed by atoms with E-state index in [0.29, 0.717) is 0 Å². The first kappa shape index (κ1) is 30.5. The standard InChI is InChI=1S/C52H33NO/c1-2-11-34(12-3-1)35-23-28-40(29-24-35)53(49-33-39-14-5-6-15-42(39)45-17-8-9-18-46(45)49)41-30-25-37(26-31-41)44-19-10-20-47-48-32-27-38-22-21-36-13-4-7-16-43(36)50(38)52(48)54-51(44)47/h1-33H. The molecule has 2 nitrogen and oxygen atoms in total. The van der Waals surface area contributed by atoms with Crippen LogP contribution in [0.5, 0.6) is 0 Å². The van der Waals surface area contributed by atoms with Crippen molar-refractivity contribution >= 4 is 82.1 Å². The minimum atomic E-state index is 0.912. The van der Waals surface area contributed by atoms with E-state index >= 15 is 0 Å². The van der Waals surface area contributed by atoms with E-state index in [-0.39, 0.29) is 0 Å². The number of hydrogen-bond donors (Lipinski definition) is 0. The quantitative estimate of drug-likeness (QED) is 0.168. The van der Waals surface area contributed by atoms with Crippen molar-refractivity contribution in [3.05, 3.63) is 200 Å². The van der Waals surface area contributed by atoms with Gasteiger partial charge in [0.25, 0.3) is 0 Å². The maximum atomic E-state index is 6.90. The largest absolute Gasteiger partial charge is 0.455 e. The average molecular weight is 688 g/mol. The molecule has 0 aliphatic carbocycles. The summed E-state index contributed by atoms with van der Waals surface area (Å²) < 4.78 is 6.90. The van der Waals surface area contributed by atoms with Gasteiger partial charge in [0.15, 0.2) is 0 Å². The van der Waals surface area contributed by atoms with E-state index in [1.165, 1.54) is 54.2 Å². The Morgan fingerprint density at radius 1 is 0.315 bits per heavy atom. The molecular formula is C52H33NO. The molecule has 10 aromatic carbocycles. The summed E-state index contributed by atoms with van der Waals surface area (Å²) in [6.07, 6.45) is 0. The van der Waals surface area contributed by atoms with E-state index in [1.807, 2.05) is 0 Å². The fourth-order valence-electron chi connectivity index (χ4n) is 8.44. The van der Waals surface area contributed by atoms with Gasteiger partial charge in [0.1, 0.15) is 11.2 Å². The van der Waals surface area contributed by atoms with E-state index in [4.69, 9.17) is 4.42 Å². The van der Waals surface area contributed by atoms with Gasteiger partial charge in [-0.3, -0.25) is 0 Å². The molecule has 0 atom stereocenters. The maximum Gasteiger partial charge on any atom is 0.143 e. The molecule has 1 heterocycles. The lowest BCUT2D eigenvalue weighted by Crippen LogP contribution is -2.10. The Hall–Kier alpha value is -7.16. The fraction of sp³-hybridized carbons (Fsp3) is 0. The molecule has 1 aromatic heterocycles. The van der Waals surface area contributed by atoms with Crippen molar-refractivity contribution in [1.82, 2.24) is 0 Å². The number of nitrogens with zero attached hydrogens (tertiary/aromatic N) is 1. The van der Waals surface area contributed by atoms with Gasteiger partial charge in [-0.2, -0.15) is 0 Å². The van der Waals surface area contributed by atoms with E-state index in [2.05, 4.69) is 205 Å². The van der Waals surface area contributed by atoms with Crippen molar-refractivity contribution in [2.45, 2.75) is 0 Å². The number of rotatable bonds is 5. The van der Waals surface area contributed by atoms with Gasteiger partial charge < -0.3 is 9.32 Å². The fourth-order valence-corrected chi connectivity index (χ4v) is 8.44. The molecule has 54 heavy (non-hydrogen) atoms. The smallest absolute Gasteiger partial charge is 0.143 e. The Morgan fingerprint density at radius 2 is 0.870 bits per heavy atom. The van der Waals surface area contributed by atoms with Crippen molar-refractivity contribution in [3.8, 4) is 22.3 Å². The highest BCUT2D eigenvalue weighted by molar-refractivity contribution is 6.24. The Labute approximate surface area is 312 Å². The van der Waals surface area contributed by atoms with Crippen LogP contribution in [0.2, 0.25) is 0 Å². The topological polar surface area (TPSA) is 16.4 Å². The Bertz CT molecular complexity index is 3190. The van der Waals surface area contributed by atoms with E-state index < -0.39 is 0 Å². The van der Waals surface area contributed by atoms with Gasteiger partial charge in [-0.15, -0.1) is 0 Å². The summed E-state index contributed by atoms with van der Waals surface area (Å²) in [6.45, 7) is 0. The van der Waals surface area contributed by atoms with Gasteiger partial charge in [-0.05, 0) is 85.4 Å². The summed E-state index contributed by atoms with van der Waals surface area (Å²) in [6, 6.07) is 72.1. The Kier molecular flexibility index (Phi) is 6.90. The van der Waals surface area contributed by atoms with Gasteiger partial charge in [0.2, 0.25) is 0 Å². The lowest BCUT2D eigenvalue weighted by Gasteiger charge is -2.28. The predicted molar refractivity (Wildman–Crippen MR) is 229 cm³/mol. The highest BCUT2D eigenvalue weighted by Gasteiger charge is 2.19. The zero-order chi connectivity index (χ0) is 35.6. The summed E-state index contributed by atoms with van der Waals surface area (Å²) in [4.78, 5) is 2.40. The number of para-hydroxylation sites is 1. The molecule has 11 aromatic rings. The third-order valence-electron chi connectivity index (χ3n) is 11.0. The Morgan fingerprint density at radius 3 is 1.65 bits per heavy atom. The van der Waals surface area contributed by atoms with Crippen LogP contribution in [-0.2, 0) is 0 Å². The van der Waals surface area contributed by atoms with Crippen molar-refractivity contribution in [2.24, 2.45) is 0 Å². The summed E-state index contributed by atoms with van der Waals surface area (Å²) in [7, 11) is 0. The van der Waals surface area contributed by atoms with Crippen molar-refractivity contribution in [2.75, 3.05) is 4.90 Å². The van der Waals surface area contributed by atoms with Crippen LogP contribution in [0.4, 0.5) is 17.1 Å². The second-order valence-electron chi connectivity index (χ2n) is 14.1. The molecule has 0 saturated heterocycles. The van der Waals surface area contributed by atoms with Crippen LogP contribution in [0.25, 0.3) is 87.3 Å². The van der Waals surface area contributed by atoms with Crippen LogP contribution < -0.4 is 4.90 Å². The van der Waals surface area contributed by atoms with Gasteiger partial charge >= 0.3 is 0 Å². The minimum absolute atomic E-state index is 0.912. The van der Waals surface area contributed by atoms with Crippen LogP contribution in [0.15, 0.2) is 205 Å². The zero-order valence-electron chi connectivity index (χ0n) is 29.4. The number of furan rings is 1. The third-order valence-corrected chi connectivity index (χ3v) is 11.0. The molecule has 0 unspecified atom stereocenters. The molecule has 0 N–H and O–H groups in total. The van der Waals surface area contributed by atoms with Gasteiger partial charge in [0, 0.05) is 38.5 Å². The molecule has 0 fully saturated rings. The van der Waals surface area contributed by atoms with Gasteiger partial charge in [-0.1, -0.05) is 164 Å². The first-order valence-electron chi connectivity index (χ1n) is 18.5. The lowest BCUT2D eigenvalue weighted by atomic mass is 9.98. The zero-order valence-corrected chi connectivity index (χ0v) is 29.4. The first-order valence-corrected chi connectivity index (χ1v) is 18.5. The average Bonchev–Trinajstić information content (AvgIpc) is 3.64. The number of benzene rings is 10. The number of anilines is 3. The van der Waals surface area contributed by atoms with Crippen LogP contribution in [0.1, 0.15) is 0 Å². The van der Waals surface area contributed by atoms with E-state index in [0.717, 1.165) is 50.1 Å². The monoisotopic (exact) mass is 687 g/mol. The summed E-state index contributed by atoms with van der Waals surface area (Å²) in [5.74, 6) is 0. The van der Waals surface area contributed by atoms with Crippen LogP contribution in [-0.4, -0.2) is 0 Å². The number of fused-ring (bicyclic) bond motifs is 10. The first-order chi connectivity index (χ1) is 26.8. The summed E-state index contributed by atoms with van der Waals surface area (Å²) >= 11 is 0. The number of hydrogen-bond acceptors (Lipinski definition) is 2. The van der Waals surface area contributed by atoms with Crippen LogP contribution in [0, 0.1) is 0 Å². The van der Waals surface area contributed by atoms with E-state index in [1.54, 1.807) is 0 Å². The summed E-state index contributed by atoms with van der Waals surface area (Å²) in [5, 5.41) is 12.0. The molecule has 2 heteroatoms. The molecule has 0 saturated carbocycles.